The Balaban J connectivity index is 1.29. The molecule has 32 heavy (non-hydrogen) atoms. The number of nitrogens with one attached hydrogen (secondary N) is 1. The SMILES string of the molecule is O=C(CSc1n[nH]c(Cc2cccs2)n1)N(Cc1ccccc1)c1nc2c(s1)CCCC2. The standard InChI is InChI=1S/C23H23N5OS3/c29-21(15-31-22-25-20(26-27-22)13-17-9-6-12-30-17)28(14-16-7-2-1-3-8-16)23-24-18-10-4-5-11-19(18)32-23/h1-3,6-9,12H,4-5,10-11,13-15H2,(H,25,26,27). The van der Waals surface area contributed by atoms with Crippen molar-refractivity contribution in [2.24, 2.45) is 0 Å². The number of hydrogen-bond donors (Lipinski definition) is 1. The van der Waals surface area contributed by atoms with E-state index in [1.54, 1.807) is 22.7 Å². The van der Waals surface area contributed by atoms with Crippen molar-refractivity contribution in [2.75, 3.05) is 10.7 Å². The molecule has 3 heterocycles. The molecule has 3 aromatic heterocycles. The maximum Gasteiger partial charge on any atom is 0.239 e. The van der Waals surface area contributed by atoms with Crippen LogP contribution in [-0.2, 0) is 30.6 Å². The molecule has 164 valence electrons. The van der Waals surface area contributed by atoms with Crippen LogP contribution in [-0.4, -0.2) is 31.8 Å². The summed E-state index contributed by atoms with van der Waals surface area (Å²) in [5.74, 6) is 1.11. The Labute approximate surface area is 199 Å². The zero-order chi connectivity index (χ0) is 21.8. The number of thiophene rings is 1. The lowest BCUT2D eigenvalue weighted by atomic mass is 10.0. The molecule has 0 radical (unpaired) electrons. The van der Waals surface area contributed by atoms with Crippen LogP contribution in [0.4, 0.5) is 5.13 Å². The Morgan fingerprint density at radius 2 is 1.97 bits per heavy atom. The summed E-state index contributed by atoms with van der Waals surface area (Å²) in [6.45, 7) is 0.518. The third kappa shape index (κ3) is 5.11. The molecule has 1 amide bonds. The fourth-order valence-electron chi connectivity index (χ4n) is 3.69. The summed E-state index contributed by atoms with van der Waals surface area (Å²) in [5.41, 5.74) is 2.26. The molecule has 0 saturated heterocycles. The number of H-pyrrole nitrogens is 1. The summed E-state index contributed by atoms with van der Waals surface area (Å²) in [5, 5.41) is 10.7. The molecule has 0 atom stereocenters. The molecule has 1 aliphatic rings. The van der Waals surface area contributed by atoms with Crippen molar-refractivity contribution < 1.29 is 4.79 Å². The van der Waals surface area contributed by atoms with Gasteiger partial charge < -0.3 is 0 Å². The molecule has 0 saturated carbocycles. The fraction of sp³-hybridized carbons (Fsp3) is 0.304. The number of aromatic nitrogens is 4. The topological polar surface area (TPSA) is 74.8 Å². The van der Waals surface area contributed by atoms with E-state index in [0.717, 1.165) is 35.8 Å². The molecule has 1 N–H and O–H groups in total. The maximum absolute atomic E-state index is 13.3. The number of nitrogens with zero attached hydrogens (tertiary/aromatic N) is 4. The Kier molecular flexibility index (Phi) is 6.66. The molecule has 1 aliphatic carbocycles. The van der Waals surface area contributed by atoms with Gasteiger partial charge in [0.1, 0.15) is 5.82 Å². The number of amides is 1. The number of carbonyl (C=O) groups excluding carboxylic acids is 1. The lowest BCUT2D eigenvalue weighted by molar-refractivity contribution is -0.116. The lowest BCUT2D eigenvalue weighted by Crippen LogP contribution is -2.32. The van der Waals surface area contributed by atoms with E-state index in [9.17, 15) is 4.79 Å². The van der Waals surface area contributed by atoms with E-state index in [-0.39, 0.29) is 11.7 Å². The normalized spacial score (nSPS) is 13.1. The second-order valence-corrected chi connectivity index (χ2v) is 10.7. The van der Waals surface area contributed by atoms with E-state index < -0.39 is 0 Å². The number of hydrogen-bond acceptors (Lipinski definition) is 7. The van der Waals surface area contributed by atoms with Crippen LogP contribution in [0.1, 0.15) is 39.7 Å². The molecule has 6 nitrogen and oxygen atoms in total. The van der Waals surface area contributed by atoms with Gasteiger partial charge >= 0.3 is 0 Å². The summed E-state index contributed by atoms with van der Waals surface area (Å²) in [4.78, 5) is 27.1. The van der Waals surface area contributed by atoms with Gasteiger partial charge in [0.05, 0.1) is 18.0 Å². The molecule has 0 unspecified atom stereocenters. The van der Waals surface area contributed by atoms with Crippen LogP contribution < -0.4 is 4.90 Å². The second kappa shape index (κ2) is 9.97. The molecule has 1 aromatic carbocycles. The third-order valence-electron chi connectivity index (χ3n) is 5.31. The quantitative estimate of drug-likeness (QED) is 0.354. The van der Waals surface area contributed by atoms with E-state index >= 15 is 0 Å². The van der Waals surface area contributed by atoms with Gasteiger partial charge in [-0.05, 0) is 42.7 Å². The predicted molar refractivity (Wildman–Crippen MR) is 131 cm³/mol. The van der Waals surface area contributed by atoms with Crippen molar-refractivity contribution in [3.05, 3.63) is 74.7 Å². The number of carbonyl (C=O) groups is 1. The summed E-state index contributed by atoms with van der Waals surface area (Å²) in [6.07, 6.45) is 5.19. The third-order valence-corrected chi connectivity index (χ3v) is 8.20. The first-order valence-corrected chi connectivity index (χ1v) is 13.3. The number of benzene rings is 1. The molecule has 0 bridgehead atoms. The van der Waals surface area contributed by atoms with E-state index in [1.165, 1.54) is 40.1 Å². The van der Waals surface area contributed by atoms with Crippen molar-refractivity contribution in [3.8, 4) is 0 Å². The largest absolute Gasteiger partial charge is 0.283 e. The molecular weight excluding hydrogens is 458 g/mol. The minimum atomic E-state index is 0.0227. The minimum Gasteiger partial charge on any atom is -0.283 e. The Morgan fingerprint density at radius 1 is 1.09 bits per heavy atom. The van der Waals surface area contributed by atoms with Crippen molar-refractivity contribution >= 4 is 45.5 Å². The molecule has 5 rings (SSSR count). The van der Waals surface area contributed by atoms with Gasteiger partial charge in [-0.1, -0.05) is 48.2 Å². The van der Waals surface area contributed by atoms with Crippen LogP contribution in [0.15, 0.2) is 53.0 Å². The highest BCUT2D eigenvalue weighted by Crippen LogP contribution is 2.33. The maximum atomic E-state index is 13.3. The fourth-order valence-corrected chi connectivity index (χ4v) is 6.25. The molecule has 4 aromatic rings. The molecule has 0 spiro atoms. The van der Waals surface area contributed by atoms with Gasteiger partial charge in [0, 0.05) is 16.2 Å². The Bertz CT molecular complexity index is 1150. The van der Waals surface area contributed by atoms with Crippen molar-refractivity contribution in [2.45, 2.75) is 43.8 Å². The molecule has 0 fully saturated rings. The number of aryl methyl sites for hydroxylation is 2. The van der Waals surface area contributed by atoms with E-state index in [1.807, 2.05) is 41.3 Å². The first-order valence-electron chi connectivity index (χ1n) is 10.6. The lowest BCUT2D eigenvalue weighted by Gasteiger charge is -2.19. The van der Waals surface area contributed by atoms with E-state index in [0.29, 0.717) is 11.7 Å². The molecule has 9 heteroatoms. The Morgan fingerprint density at radius 3 is 2.78 bits per heavy atom. The predicted octanol–water partition coefficient (Wildman–Crippen LogP) is 5.12. The van der Waals surface area contributed by atoms with Crippen LogP contribution in [0.5, 0.6) is 0 Å². The highest BCUT2D eigenvalue weighted by Gasteiger charge is 2.24. The number of thiazole rings is 1. The van der Waals surface area contributed by atoms with Gasteiger partial charge in [-0.15, -0.1) is 27.8 Å². The first kappa shape index (κ1) is 21.4. The van der Waals surface area contributed by atoms with Gasteiger partial charge in [0.2, 0.25) is 11.1 Å². The zero-order valence-corrected chi connectivity index (χ0v) is 19.9. The second-order valence-electron chi connectivity index (χ2n) is 7.65. The molecule has 0 aliphatic heterocycles. The summed E-state index contributed by atoms with van der Waals surface area (Å²) in [7, 11) is 0. The highest BCUT2D eigenvalue weighted by atomic mass is 32.2. The van der Waals surface area contributed by atoms with Crippen LogP contribution in [0.25, 0.3) is 0 Å². The monoisotopic (exact) mass is 481 g/mol. The van der Waals surface area contributed by atoms with Crippen LogP contribution in [0, 0.1) is 0 Å². The van der Waals surface area contributed by atoms with Crippen LogP contribution >= 0.6 is 34.4 Å². The van der Waals surface area contributed by atoms with Crippen molar-refractivity contribution in [1.29, 1.82) is 0 Å². The van der Waals surface area contributed by atoms with Crippen LogP contribution in [0.2, 0.25) is 0 Å². The number of anilines is 1. The average molecular weight is 482 g/mol. The smallest absolute Gasteiger partial charge is 0.239 e. The number of rotatable bonds is 8. The molecular formula is C23H23N5OS3. The Hall–Kier alpha value is -2.49. The van der Waals surface area contributed by atoms with Crippen LogP contribution in [0.3, 0.4) is 0 Å². The van der Waals surface area contributed by atoms with E-state index in [2.05, 4.69) is 26.6 Å². The highest BCUT2D eigenvalue weighted by molar-refractivity contribution is 7.99. The number of thioether (sulfide) groups is 1. The first-order chi connectivity index (χ1) is 15.7. The zero-order valence-electron chi connectivity index (χ0n) is 17.5. The summed E-state index contributed by atoms with van der Waals surface area (Å²) < 4.78 is 0. The summed E-state index contributed by atoms with van der Waals surface area (Å²) >= 11 is 4.73. The summed E-state index contributed by atoms with van der Waals surface area (Å²) in [6, 6.07) is 14.2. The van der Waals surface area contributed by atoms with Crippen molar-refractivity contribution in [1.82, 2.24) is 20.2 Å². The van der Waals surface area contributed by atoms with Gasteiger partial charge in [-0.3, -0.25) is 14.8 Å². The van der Waals surface area contributed by atoms with Gasteiger partial charge in [-0.2, -0.15) is 0 Å². The minimum absolute atomic E-state index is 0.0227. The van der Waals surface area contributed by atoms with Crippen molar-refractivity contribution in [3.63, 3.8) is 0 Å². The number of fused-ring (bicyclic) bond motifs is 1. The van der Waals surface area contributed by atoms with Gasteiger partial charge in [-0.25, -0.2) is 9.97 Å². The van der Waals surface area contributed by atoms with Gasteiger partial charge in [0.15, 0.2) is 5.13 Å². The van der Waals surface area contributed by atoms with Gasteiger partial charge in [0.25, 0.3) is 0 Å². The average Bonchev–Trinajstić information content (AvgIpc) is 3.58. The number of aromatic amines is 1. The van der Waals surface area contributed by atoms with E-state index in [4.69, 9.17) is 4.98 Å².